The Labute approximate surface area is 194 Å². The third kappa shape index (κ3) is 5.17. The summed E-state index contributed by atoms with van der Waals surface area (Å²) < 4.78 is 10.6. The molecular formula is C27H28N2O4. The molecule has 2 unspecified atom stereocenters. The summed E-state index contributed by atoms with van der Waals surface area (Å²) in [6.45, 7) is 0.326. The molecule has 3 aromatic carbocycles. The summed E-state index contributed by atoms with van der Waals surface area (Å²) in [5, 5.41) is 3.19. The van der Waals surface area contributed by atoms with Crippen LogP contribution in [0.4, 0.5) is 5.69 Å². The molecule has 4 rings (SSSR count). The second-order valence-electron chi connectivity index (χ2n) is 8.11. The highest BCUT2D eigenvalue weighted by molar-refractivity contribution is 6.00. The maximum absolute atomic E-state index is 13.2. The monoisotopic (exact) mass is 444 g/mol. The van der Waals surface area contributed by atoms with Crippen LogP contribution in [-0.4, -0.2) is 32.6 Å². The van der Waals surface area contributed by atoms with Crippen molar-refractivity contribution in [1.82, 2.24) is 5.32 Å². The summed E-state index contributed by atoms with van der Waals surface area (Å²) in [7, 11) is 3.12. The van der Waals surface area contributed by atoms with Crippen molar-refractivity contribution in [2.45, 2.75) is 18.9 Å². The molecule has 1 aliphatic heterocycles. The van der Waals surface area contributed by atoms with Gasteiger partial charge in [0.15, 0.2) is 11.5 Å². The fourth-order valence-electron chi connectivity index (χ4n) is 4.20. The van der Waals surface area contributed by atoms with Gasteiger partial charge < -0.3 is 19.7 Å². The van der Waals surface area contributed by atoms with Crippen LogP contribution in [0.5, 0.6) is 11.5 Å². The Kier molecular flexibility index (Phi) is 6.93. The Hall–Kier alpha value is -3.80. The summed E-state index contributed by atoms with van der Waals surface area (Å²) in [6, 6.07) is 25.2. The molecule has 2 amide bonds. The number of nitrogens with zero attached hydrogens (tertiary/aromatic N) is 1. The lowest BCUT2D eigenvalue weighted by atomic mass is 9.97. The molecule has 1 saturated heterocycles. The Morgan fingerprint density at radius 3 is 2.30 bits per heavy atom. The quantitative estimate of drug-likeness (QED) is 0.567. The van der Waals surface area contributed by atoms with Crippen molar-refractivity contribution < 1.29 is 19.1 Å². The second kappa shape index (κ2) is 10.2. The van der Waals surface area contributed by atoms with Crippen molar-refractivity contribution in [2.24, 2.45) is 5.92 Å². The molecule has 1 aliphatic rings. The molecule has 6 nitrogen and oxygen atoms in total. The van der Waals surface area contributed by atoms with E-state index < -0.39 is 5.92 Å². The summed E-state index contributed by atoms with van der Waals surface area (Å²) >= 11 is 0. The van der Waals surface area contributed by atoms with Crippen molar-refractivity contribution in [2.75, 3.05) is 25.7 Å². The summed E-state index contributed by atoms with van der Waals surface area (Å²) in [5.74, 6) is 0.516. The molecule has 33 heavy (non-hydrogen) atoms. The Balaban J connectivity index is 1.49. The molecule has 170 valence electrons. The van der Waals surface area contributed by atoms with E-state index in [9.17, 15) is 9.59 Å². The lowest BCUT2D eigenvalue weighted by molar-refractivity contribution is -0.127. The van der Waals surface area contributed by atoms with Gasteiger partial charge in [0.2, 0.25) is 11.8 Å². The third-order valence-electron chi connectivity index (χ3n) is 5.98. The number of hydrogen-bond donors (Lipinski definition) is 1. The van der Waals surface area contributed by atoms with Gasteiger partial charge in [-0.25, -0.2) is 0 Å². The highest BCUT2D eigenvalue weighted by Gasteiger charge is 2.36. The van der Waals surface area contributed by atoms with Crippen LogP contribution >= 0.6 is 0 Å². The van der Waals surface area contributed by atoms with Crippen molar-refractivity contribution in [3.05, 3.63) is 90.0 Å². The second-order valence-corrected chi connectivity index (χ2v) is 8.11. The van der Waals surface area contributed by atoms with Gasteiger partial charge in [-0.05, 0) is 29.7 Å². The van der Waals surface area contributed by atoms with Gasteiger partial charge in [-0.1, -0.05) is 60.7 Å². The van der Waals surface area contributed by atoms with Crippen molar-refractivity contribution in [1.29, 1.82) is 0 Å². The molecule has 1 heterocycles. The van der Waals surface area contributed by atoms with Gasteiger partial charge in [-0.3, -0.25) is 9.59 Å². The highest BCUT2D eigenvalue weighted by Crippen LogP contribution is 2.34. The first-order valence-electron chi connectivity index (χ1n) is 11.0. The van der Waals surface area contributed by atoms with E-state index in [-0.39, 0.29) is 24.3 Å². The van der Waals surface area contributed by atoms with E-state index in [0.29, 0.717) is 30.2 Å². The molecule has 2 atom stereocenters. The van der Waals surface area contributed by atoms with Gasteiger partial charge in [0, 0.05) is 24.7 Å². The van der Waals surface area contributed by atoms with Gasteiger partial charge >= 0.3 is 0 Å². The van der Waals surface area contributed by atoms with E-state index in [4.69, 9.17) is 9.47 Å². The van der Waals surface area contributed by atoms with Gasteiger partial charge in [0.05, 0.1) is 26.2 Å². The zero-order valence-electron chi connectivity index (χ0n) is 18.9. The maximum Gasteiger partial charge on any atom is 0.227 e. The predicted molar refractivity (Wildman–Crippen MR) is 127 cm³/mol. The number of nitrogens with one attached hydrogen (secondary N) is 1. The number of rotatable bonds is 8. The molecule has 3 aromatic rings. The molecule has 0 saturated carbocycles. The molecule has 0 aromatic heterocycles. The SMILES string of the molecule is COc1ccc(N2CC(C(=O)NC(Cc3ccccc3)c3ccccc3)CC2=O)cc1OC. The van der Waals surface area contributed by atoms with Gasteiger partial charge in [-0.2, -0.15) is 0 Å². The third-order valence-corrected chi connectivity index (χ3v) is 5.98. The topological polar surface area (TPSA) is 67.9 Å². The summed E-state index contributed by atoms with van der Waals surface area (Å²) in [5.41, 5.74) is 2.87. The zero-order valence-corrected chi connectivity index (χ0v) is 18.9. The van der Waals surface area contributed by atoms with E-state index in [1.54, 1.807) is 31.3 Å². The van der Waals surface area contributed by atoms with Crippen molar-refractivity contribution >= 4 is 17.5 Å². The van der Waals surface area contributed by atoms with Crippen LogP contribution in [0.2, 0.25) is 0 Å². The van der Waals surface area contributed by atoms with Crippen LogP contribution in [0.15, 0.2) is 78.9 Å². The molecule has 0 bridgehead atoms. The van der Waals surface area contributed by atoms with Crippen LogP contribution in [0.3, 0.4) is 0 Å². The molecule has 1 fully saturated rings. The fourth-order valence-corrected chi connectivity index (χ4v) is 4.20. The highest BCUT2D eigenvalue weighted by atomic mass is 16.5. The minimum absolute atomic E-state index is 0.0818. The molecular weight excluding hydrogens is 416 g/mol. The molecule has 1 N–H and O–H groups in total. The molecule has 0 aliphatic carbocycles. The first-order chi connectivity index (χ1) is 16.1. The summed E-state index contributed by atoms with van der Waals surface area (Å²) in [4.78, 5) is 27.6. The Morgan fingerprint density at radius 1 is 0.970 bits per heavy atom. The smallest absolute Gasteiger partial charge is 0.227 e. The number of methoxy groups -OCH3 is 2. The number of benzene rings is 3. The van der Waals surface area contributed by atoms with E-state index in [1.165, 1.54) is 0 Å². The molecule has 6 heteroatoms. The maximum atomic E-state index is 13.2. The van der Waals surface area contributed by atoms with Gasteiger partial charge in [0.1, 0.15) is 0 Å². The van der Waals surface area contributed by atoms with Crippen LogP contribution in [0.25, 0.3) is 0 Å². The van der Waals surface area contributed by atoms with E-state index in [2.05, 4.69) is 17.4 Å². The van der Waals surface area contributed by atoms with Gasteiger partial charge in [0.25, 0.3) is 0 Å². The Morgan fingerprint density at radius 2 is 1.64 bits per heavy atom. The average Bonchev–Trinajstić information content (AvgIpc) is 3.26. The minimum atomic E-state index is -0.424. The number of ether oxygens (including phenoxy) is 2. The molecule has 0 radical (unpaired) electrons. The number of carbonyl (C=O) groups is 2. The van der Waals surface area contributed by atoms with Crippen LogP contribution in [-0.2, 0) is 16.0 Å². The van der Waals surface area contributed by atoms with E-state index in [0.717, 1.165) is 11.1 Å². The van der Waals surface area contributed by atoms with Crippen LogP contribution < -0.4 is 19.7 Å². The van der Waals surface area contributed by atoms with Crippen LogP contribution in [0, 0.1) is 5.92 Å². The van der Waals surface area contributed by atoms with Gasteiger partial charge in [-0.15, -0.1) is 0 Å². The minimum Gasteiger partial charge on any atom is -0.493 e. The van der Waals surface area contributed by atoms with Crippen LogP contribution in [0.1, 0.15) is 23.6 Å². The molecule has 0 spiro atoms. The zero-order chi connectivity index (χ0) is 23.2. The standard InChI is InChI=1S/C27H28N2O4/c1-32-24-14-13-22(17-25(24)33-2)29-18-21(16-26(29)30)27(31)28-23(20-11-7-4-8-12-20)15-19-9-5-3-6-10-19/h3-14,17,21,23H,15-16,18H2,1-2H3,(H,28,31). The number of amides is 2. The number of anilines is 1. The lowest BCUT2D eigenvalue weighted by Gasteiger charge is -2.22. The van der Waals surface area contributed by atoms with Crippen molar-refractivity contribution in [3.63, 3.8) is 0 Å². The normalized spacial score (nSPS) is 16.4. The van der Waals surface area contributed by atoms with E-state index >= 15 is 0 Å². The number of hydrogen-bond acceptors (Lipinski definition) is 4. The predicted octanol–water partition coefficient (Wildman–Crippen LogP) is 4.16. The lowest BCUT2D eigenvalue weighted by Crippen LogP contribution is -2.36. The Bertz CT molecular complexity index is 1100. The average molecular weight is 445 g/mol. The number of carbonyl (C=O) groups excluding carboxylic acids is 2. The van der Waals surface area contributed by atoms with E-state index in [1.807, 2.05) is 54.6 Å². The van der Waals surface area contributed by atoms with Crippen molar-refractivity contribution in [3.8, 4) is 11.5 Å². The first kappa shape index (κ1) is 22.4. The first-order valence-corrected chi connectivity index (χ1v) is 11.0. The largest absolute Gasteiger partial charge is 0.493 e. The summed E-state index contributed by atoms with van der Waals surface area (Å²) in [6.07, 6.45) is 0.851. The fraction of sp³-hybridized carbons (Fsp3) is 0.259.